The van der Waals surface area contributed by atoms with E-state index in [1.807, 2.05) is 0 Å². The van der Waals surface area contributed by atoms with E-state index in [9.17, 15) is 18.0 Å². The number of hydrogen-bond acceptors (Lipinski definition) is 5. The van der Waals surface area contributed by atoms with Crippen LogP contribution in [0.2, 0.25) is 0 Å². The highest BCUT2D eigenvalue weighted by molar-refractivity contribution is 6.10. The summed E-state index contributed by atoms with van der Waals surface area (Å²) in [5.41, 5.74) is 8.14. The second-order valence-corrected chi connectivity index (χ2v) is 8.51. The fraction of sp³-hybridized carbons (Fsp3) is 0.292. The second kappa shape index (κ2) is 7.69. The molecule has 10 heteroatoms. The Morgan fingerprint density at radius 3 is 2.68 bits per heavy atom. The molecule has 2 aromatic carbocycles. The SMILES string of the molecule is C[C@@H]1OC[C@@H](N(C)C(=O)c2ccc3nc(N)c4c(cnn4C)c3c2)c2ccc(C(F)(F)F)cc21. The van der Waals surface area contributed by atoms with E-state index in [1.54, 1.807) is 50.1 Å². The van der Waals surface area contributed by atoms with Crippen LogP contribution in [0.4, 0.5) is 19.0 Å². The van der Waals surface area contributed by atoms with Gasteiger partial charge in [-0.25, -0.2) is 4.98 Å². The molecule has 7 nitrogen and oxygen atoms in total. The number of halogens is 3. The average molecular weight is 469 g/mol. The first-order valence-electron chi connectivity index (χ1n) is 10.7. The summed E-state index contributed by atoms with van der Waals surface area (Å²) >= 11 is 0. The summed E-state index contributed by atoms with van der Waals surface area (Å²) in [6, 6.07) is 8.20. The van der Waals surface area contributed by atoms with E-state index in [0.717, 1.165) is 22.9 Å². The Bertz CT molecular complexity index is 1450. The molecule has 2 atom stereocenters. The normalized spacial score (nSPS) is 18.3. The summed E-state index contributed by atoms with van der Waals surface area (Å²) in [5, 5.41) is 5.77. The number of benzene rings is 2. The van der Waals surface area contributed by atoms with E-state index in [2.05, 4.69) is 10.1 Å². The Morgan fingerprint density at radius 1 is 1.18 bits per heavy atom. The van der Waals surface area contributed by atoms with Gasteiger partial charge >= 0.3 is 6.18 Å². The number of fused-ring (bicyclic) bond motifs is 4. The predicted molar refractivity (Wildman–Crippen MR) is 121 cm³/mol. The standard InChI is InChI=1S/C24H22F3N5O2/c1-12-16-9-14(24(25,26)27)5-6-15(16)20(11-34-12)31(2)23(33)13-4-7-19-17(8-13)18-10-29-32(3)21(18)22(28)30-19/h4-10,12,20H,11H2,1-3H3,(H2,28,30)/t12-,20+/m0/s1. The van der Waals surface area contributed by atoms with Crippen LogP contribution < -0.4 is 5.73 Å². The highest BCUT2D eigenvalue weighted by Crippen LogP contribution is 2.39. The zero-order chi connectivity index (χ0) is 24.4. The van der Waals surface area contributed by atoms with Crippen LogP contribution in [0.15, 0.2) is 42.6 Å². The maximum Gasteiger partial charge on any atom is 0.416 e. The van der Waals surface area contributed by atoms with Crippen molar-refractivity contribution in [2.45, 2.75) is 25.2 Å². The number of carbonyl (C=O) groups excluding carboxylic acids is 1. The van der Waals surface area contributed by atoms with Crippen LogP contribution in [-0.4, -0.2) is 39.2 Å². The molecule has 1 amide bonds. The number of nitrogen functional groups attached to an aromatic ring is 1. The van der Waals surface area contributed by atoms with Crippen molar-refractivity contribution in [2.24, 2.45) is 7.05 Å². The number of carbonyl (C=O) groups is 1. The van der Waals surface area contributed by atoms with Crippen molar-refractivity contribution >= 4 is 33.5 Å². The lowest BCUT2D eigenvalue weighted by Gasteiger charge is -2.36. The topological polar surface area (TPSA) is 86.3 Å². The van der Waals surface area contributed by atoms with Gasteiger partial charge in [-0.15, -0.1) is 0 Å². The van der Waals surface area contributed by atoms with Gasteiger partial charge in [0.2, 0.25) is 0 Å². The molecule has 176 valence electrons. The third-order valence-electron chi connectivity index (χ3n) is 6.46. The van der Waals surface area contributed by atoms with Crippen LogP contribution in [0.1, 0.15) is 46.1 Å². The second-order valence-electron chi connectivity index (χ2n) is 8.51. The highest BCUT2D eigenvalue weighted by Gasteiger charge is 2.36. The lowest BCUT2D eigenvalue weighted by atomic mass is 9.91. The molecule has 0 saturated heterocycles. The molecule has 0 aliphatic carbocycles. The third-order valence-corrected chi connectivity index (χ3v) is 6.46. The molecule has 2 N–H and O–H groups in total. The number of ether oxygens (including phenoxy) is 1. The van der Waals surface area contributed by atoms with Crippen LogP contribution in [0, 0.1) is 0 Å². The number of aromatic nitrogens is 3. The lowest BCUT2D eigenvalue weighted by Crippen LogP contribution is -2.37. The van der Waals surface area contributed by atoms with Crippen molar-refractivity contribution in [3.05, 3.63) is 64.8 Å². The first kappa shape index (κ1) is 22.1. The smallest absolute Gasteiger partial charge is 0.382 e. The monoisotopic (exact) mass is 469 g/mol. The van der Waals surface area contributed by atoms with Crippen molar-refractivity contribution in [3.63, 3.8) is 0 Å². The summed E-state index contributed by atoms with van der Waals surface area (Å²) in [7, 11) is 3.39. The van der Waals surface area contributed by atoms with E-state index in [-0.39, 0.29) is 12.5 Å². The minimum Gasteiger partial charge on any atom is -0.382 e. The zero-order valence-corrected chi connectivity index (χ0v) is 18.7. The van der Waals surface area contributed by atoms with Crippen LogP contribution in [-0.2, 0) is 18.0 Å². The maximum atomic E-state index is 13.4. The number of hydrogen-bond donors (Lipinski definition) is 1. The molecule has 34 heavy (non-hydrogen) atoms. The van der Waals surface area contributed by atoms with Gasteiger partial charge in [-0.05, 0) is 48.4 Å². The molecule has 0 radical (unpaired) electrons. The molecule has 4 aromatic rings. The van der Waals surface area contributed by atoms with Crippen molar-refractivity contribution in [2.75, 3.05) is 19.4 Å². The number of amides is 1. The lowest BCUT2D eigenvalue weighted by molar-refractivity contribution is -0.137. The molecule has 0 fully saturated rings. The van der Waals surface area contributed by atoms with Crippen LogP contribution >= 0.6 is 0 Å². The Kier molecular flexibility index (Phi) is 5.01. The molecular weight excluding hydrogens is 447 g/mol. The van der Waals surface area contributed by atoms with Crippen molar-refractivity contribution < 1.29 is 22.7 Å². The molecule has 0 saturated carbocycles. The van der Waals surface area contributed by atoms with Gasteiger partial charge in [0.05, 0.1) is 36.0 Å². The first-order valence-corrected chi connectivity index (χ1v) is 10.7. The Balaban J connectivity index is 1.53. The fourth-order valence-electron chi connectivity index (χ4n) is 4.59. The summed E-state index contributed by atoms with van der Waals surface area (Å²) in [5.74, 6) is 0.0618. The molecule has 2 aromatic heterocycles. The van der Waals surface area contributed by atoms with Gasteiger partial charge in [0.1, 0.15) is 11.3 Å². The van der Waals surface area contributed by atoms with Crippen LogP contribution in [0.25, 0.3) is 21.8 Å². The number of likely N-dealkylation sites (N-methyl/N-ethyl adjacent to an activating group) is 1. The summed E-state index contributed by atoms with van der Waals surface area (Å²) in [4.78, 5) is 19.4. The molecule has 0 bridgehead atoms. The van der Waals surface area contributed by atoms with Gasteiger partial charge in [-0.1, -0.05) is 6.07 Å². The van der Waals surface area contributed by atoms with Crippen molar-refractivity contribution in [1.29, 1.82) is 0 Å². The number of nitrogens with zero attached hydrogens (tertiary/aromatic N) is 4. The fourth-order valence-corrected chi connectivity index (χ4v) is 4.59. The Labute approximate surface area is 192 Å². The highest BCUT2D eigenvalue weighted by atomic mass is 19.4. The predicted octanol–water partition coefficient (Wildman–Crippen LogP) is 4.63. The molecule has 1 aliphatic rings. The first-order chi connectivity index (χ1) is 16.1. The van der Waals surface area contributed by atoms with Crippen molar-refractivity contribution in [1.82, 2.24) is 19.7 Å². The minimum atomic E-state index is -4.45. The van der Waals surface area contributed by atoms with Gasteiger partial charge < -0.3 is 15.4 Å². The van der Waals surface area contributed by atoms with Gasteiger partial charge in [0.15, 0.2) is 0 Å². The quantitative estimate of drug-likeness (QED) is 0.463. The largest absolute Gasteiger partial charge is 0.416 e. The number of rotatable bonds is 2. The Morgan fingerprint density at radius 2 is 1.94 bits per heavy atom. The van der Waals surface area contributed by atoms with E-state index in [0.29, 0.717) is 33.5 Å². The van der Waals surface area contributed by atoms with E-state index < -0.39 is 23.9 Å². The number of anilines is 1. The molecule has 3 heterocycles. The van der Waals surface area contributed by atoms with Gasteiger partial charge in [-0.2, -0.15) is 18.3 Å². The van der Waals surface area contributed by atoms with Crippen molar-refractivity contribution in [3.8, 4) is 0 Å². The molecule has 5 rings (SSSR count). The summed E-state index contributed by atoms with van der Waals surface area (Å²) in [6.45, 7) is 1.89. The van der Waals surface area contributed by atoms with E-state index in [1.165, 1.54) is 11.0 Å². The maximum absolute atomic E-state index is 13.4. The van der Waals surface area contributed by atoms with E-state index in [4.69, 9.17) is 10.5 Å². The van der Waals surface area contributed by atoms with Gasteiger partial charge in [0, 0.05) is 30.4 Å². The van der Waals surface area contributed by atoms with Gasteiger partial charge in [-0.3, -0.25) is 9.48 Å². The zero-order valence-electron chi connectivity index (χ0n) is 18.7. The van der Waals surface area contributed by atoms with Gasteiger partial charge in [0.25, 0.3) is 5.91 Å². The molecular formula is C24H22F3N5O2. The number of aryl methyl sites for hydroxylation is 1. The Hall–Kier alpha value is -3.66. The minimum absolute atomic E-state index is 0.181. The number of pyridine rings is 1. The number of nitrogens with two attached hydrogens (primary N) is 1. The molecule has 0 spiro atoms. The molecule has 0 unspecified atom stereocenters. The summed E-state index contributed by atoms with van der Waals surface area (Å²) in [6.07, 6.45) is -3.28. The van der Waals surface area contributed by atoms with Crippen LogP contribution in [0.5, 0.6) is 0 Å². The third kappa shape index (κ3) is 3.45. The average Bonchev–Trinajstić information content (AvgIpc) is 3.20. The van der Waals surface area contributed by atoms with E-state index >= 15 is 0 Å². The molecule has 1 aliphatic heterocycles. The summed E-state index contributed by atoms with van der Waals surface area (Å²) < 4.78 is 47.1. The van der Waals surface area contributed by atoms with Crippen LogP contribution in [0.3, 0.4) is 0 Å². The number of alkyl halides is 3.